The summed E-state index contributed by atoms with van der Waals surface area (Å²) in [6, 6.07) is 0. The number of anilines is 1. The smallest absolute Gasteiger partial charge is 0.331 e. The van der Waals surface area contributed by atoms with Crippen molar-refractivity contribution in [1.29, 1.82) is 0 Å². The van der Waals surface area contributed by atoms with Gasteiger partial charge in [0.05, 0.1) is 7.11 Å². The van der Waals surface area contributed by atoms with Crippen LogP contribution in [0, 0.1) is 29.1 Å². The maximum absolute atomic E-state index is 13.1. The first-order valence-electron chi connectivity index (χ1n) is 4.42. The zero-order valence-electron chi connectivity index (χ0n) is 8.86. The highest BCUT2D eigenvalue weighted by molar-refractivity contribution is 5.82. The zero-order valence-corrected chi connectivity index (χ0v) is 8.86. The maximum atomic E-state index is 13.1. The number of methoxy groups -OCH3 is 1. The van der Waals surface area contributed by atoms with Crippen molar-refractivity contribution < 1.29 is 31.5 Å². The molecule has 0 atom stereocenters. The summed E-state index contributed by atoms with van der Waals surface area (Å²) in [7, 11) is 1.05. The molecule has 18 heavy (non-hydrogen) atoms. The van der Waals surface area contributed by atoms with Crippen LogP contribution < -0.4 is 5.32 Å². The molecule has 1 aromatic rings. The normalized spacial score (nSPS) is 10.8. The fourth-order valence-corrected chi connectivity index (χ4v) is 0.993. The van der Waals surface area contributed by atoms with Crippen LogP contribution in [-0.4, -0.2) is 13.1 Å². The molecule has 0 aliphatic heterocycles. The van der Waals surface area contributed by atoms with Gasteiger partial charge in [0, 0.05) is 12.3 Å². The number of esters is 1. The van der Waals surface area contributed by atoms with Crippen molar-refractivity contribution in [2.75, 3.05) is 12.4 Å². The third kappa shape index (κ3) is 2.58. The molecule has 1 rings (SSSR count). The average Bonchev–Trinajstić information content (AvgIpc) is 2.37. The molecule has 8 heteroatoms. The molecule has 0 aliphatic carbocycles. The molecule has 0 spiro atoms. The number of carbonyl (C=O) groups is 1. The van der Waals surface area contributed by atoms with Crippen LogP contribution in [-0.2, 0) is 9.53 Å². The molecule has 0 fully saturated rings. The van der Waals surface area contributed by atoms with E-state index < -0.39 is 40.7 Å². The van der Waals surface area contributed by atoms with Crippen LogP contribution in [0.5, 0.6) is 0 Å². The molecule has 0 saturated heterocycles. The molecule has 0 saturated carbocycles. The minimum Gasteiger partial charge on any atom is -0.466 e. The highest BCUT2D eigenvalue weighted by Crippen LogP contribution is 2.26. The molecule has 1 aromatic carbocycles. The molecule has 0 radical (unpaired) electrons. The minimum absolute atomic E-state index is 0.685. The molecule has 98 valence electrons. The molecule has 0 aliphatic rings. The lowest BCUT2D eigenvalue weighted by molar-refractivity contribution is -0.134. The van der Waals surface area contributed by atoms with E-state index in [-0.39, 0.29) is 0 Å². The second-order valence-electron chi connectivity index (χ2n) is 2.95. The first-order chi connectivity index (χ1) is 8.40. The maximum Gasteiger partial charge on any atom is 0.331 e. The highest BCUT2D eigenvalue weighted by Gasteiger charge is 2.25. The van der Waals surface area contributed by atoms with Gasteiger partial charge in [-0.1, -0.05) is 0 Å². The van der Waals surface area contributed by atoms with Crippen LogP contribution in [0.25, 0.3) is 0 Å². The number of benzene rings is 1. The van der Waals surface area contributed by atoms with Gasteiger partial charge in [-0.15, -0.1) is 0 Å². The van der Waals surface area contributed by atoms with Crippen molar-refractivity contribution in [3.8, 4) is 0 Å². The van der Waals surface area contributed by atoms with E-state index in [1.807, 2.05) is 0 Å². The van der Waals surface area contributed by atoms with E-state index in [4.69, 9.17) is 0 Å². The quantitative estimate of drug-likeness (QED) is 0.300. The van der Waals surface area contributed by atoms with E-state index in [1.165, 1.54) is 0 Å². The van der Waals surface area contributed by atoms with E-state index in [2.05, 4.69) is 4.74 Å². The topological polar surface area (TPSA) is 38.3 Å². The molecule has 0 heterocycles. The molecule has 0 aromatic heterocycles. The van der Waals surface area contributed by atoms with Crippen molar-refractivity contribution in [1.82, 2.24) is 0 Å². The summed E-state index contributed by atoms with van der Waals surface area (Å²) in [6.07, 6.45) is 1.39. The second kappa shape index (κ2) is 5.48. The van der Waals surface area contributed by atoms with Gasteiger partial charge in [-0.3, -0.25) is 0 Å². The van der Waals surface area contributed by atoms with Crippen LogP contribution in [0.2, 0.25) is 0 Å². The predicted octanol–water partition coefficient (Wildman–Crippen LogP) is 2.48. The molecular formula is C10H6F5NO2. The SMILES string of the molecule is COC(=O)/C=C/Nc1c(F)c(F)c(F)c(F)c1F. The summed E-state index contributed by atoms with van der Waals surface area (Å²) < 4.78 is 68.4. The fourth-order valence-electron chi connectivity index (χ4n) is 0.993. The van der Waals surface area contributed by atoms with Crippen molar-refractivity contribution in [3.63, 3.8) is 0 Å². The number of ether oxygens (including phenoxy) is 1. The van der Waals surface area contributed by atoms with Gasteiger partial charge in [0.1, 0.15) is 5.69 Å². The van der Waals surface area contributed by atoms with Gasteiger partial charge < -0.3 is 10.1 Å². The Kier molecular flexibility index (Phi) is 4.24. The Morgan fingerprint density at radius 2 is 1.44 bits per heavy atom. The van der Waals surface area contributed by atoms with Gasteiger partial charge in [0.2, 0.25) is 5.82 Å². The van der Waals surface area contributed by atoms with Crippen LogP contribution in [0.1, 0.15) is 0 Å². The van der Waals surface area contributed by atoms with Crippen LogP contribution in [0.3, 0.4) is 0 Å². The van der Waals surface area contributed by atoms with E-state index in [0.717, 1.165) is 7.11 Å². The predicted molar refractivity (Wildman–Crippen MR) is 51.0 cm³/mol. The van der Waals surface area contributed by atoms with Gasteiger partial charge in [-0.2, -0.15) is 0 Å². The Hall–Kier alpha value is -2.12. The molecule has 0 bridgehead atoms. The van der Waals surface area contributed by atoms with Crippen LogP contribution in [0.15, 0.2) is 12.3 Å². The molecule has 1 N–H and O–H groups in total. The van der Waals surface area contributed by atoms with Crippen molar-refractivity contribution in [2.24, 2.45) is 0 Å². The molecule has 3 nitrogen and oxygen atoms in total. The van der Waals surface area contributed by atoms with Crippen LogP contribution in [0.4, 0.5) is 27.6 Å². The number of rotatable bonds is 3. The zero-order chi connectivity index (χ0) is 13.9. The summed E-state index contributed by atoms with van der Waals surface area (Å²) in [5.41, 5.74) is -1.26. The Morgan fingerprint density at radius 1 is 1.00 bits per heavy atom. The highest BCUT2D eigenvalue weighted by atomic mass is 19.2. The third-order valence-electron chi connectivity index (χ3n) is 1.86. The van der Waals surface area contributed by atoms with Gasteiger partial charge in [0.15, 0.2) is 23.3 Å². The van der Waals surface area contributed by atoms with E-state index in [0.29, 0.717) is 12.3 Å². The van der Waals surface area contributed by atoms with E-state index in [9.17, 15) is 26.7 Å². The summed E-state index contributed by atoms with van der Waals surface area (Å²) in [5.74, 6) is -11.3. The van der Waals surface area contributed by atoms with Crippen LogP contribution >= 0.6 is 0 Å². The molecule has 0 amide bonds. The Balaban J connectivity index is 3.11. The molecule has 0 unspecified atom stereocenters. The van der Waals surface area contributed by atoms with E-state index in [1.54, 1.807) is 5.32 Å². The largest absolute Gasteiger partial charge is 0.466 e. The lowest BCUT2D eigenvalue weighted by atomic mass is 10.2. The van der Waals surface area contributed by atoms with Crippen molar-refractivity contribution >= 4 is 11.7 Å². The van der Waals surface area contributed by atoms with Gasteiger partial charge in [-0.05, 0) is 0 Å². The lowest BCUT2D eigenvalue weighted by Gasteiger charge is -2.07. The fraction of sp³-hybridized carbons (Fsp3) is 0.100. The summed E-state index contributed by atoms with van der Waals surface area (Å²) in [5, 5.41) is 1.78. The minimum atomic E-state index is -2.26. The third-order valence-corrected chi connectivity index (χ3v) is 1.86. The summed E-state index contributed by atoms with van der Waals surface area (Å²) in [6.45, 7) is 0. The van der Waals surface area contributed by atoms with Gasteiger partial charge in [0.25, 0.3) is 0 Å². The van der Waals surface area contributed by atoms with E-state index >= 15 is 0 Å². The number of hydrogen-bond donors (Lipinski definition) is 1. The molecular weight excluding hydrogens is 261 g/mol. The van der Waals surface area contributed by atoms with Gasteiger partial charge in [-0.25, -0.2) is 26.7 Å². The lowest BCUT2D eigenvalue weighted by Crippen LogP contribution is -2.06. The summed E-state index contributed by atoms with van der Waals surface area (Å²) in [4.78, 5) is 10.6. The Morgan fingerprint density at radius 3 is 1.89 bits per heavy atom. The first-order valence-corrected chi connectivity index (χ1v) is 4.42. The number of hydrogen-bond acceptors (Lipinski definition) is 3. The number of nitrogens with one attached hydrogen (secondary N) is 1. The monoisotopic (exact) mass is 267 g/mol. The Labute approximate surface area is 97.9 Å². The summed E-state index contributed by atoms with van der Waals surface area (Å²) >= 11 is 0. The Bertz CT molecular complexity index is 486. The van der Waals surface area contributed by atoms with Crippen molar-refractivity contribution in [3.05, 3.63) is 41.4 Å². The standard InChI is InChI=1S/C10H6F5NO2/c1-18-4(17)2-3-16-10-8(14)6(12)5(11)7(13)9(10)15/h2-3,16H,1H3/b3-2+. The number of carbonyl (C=O) groups excluding carboxylic acids is 1. The first kappa shape index (κ1) is 13.9. The van der Waals surface area contributed by atoms with Crippen molar-refractivity contribution in [2.45, 2.75) is 0 Å². The average molecular weight is 267 g/mol. The number of halogens is 5. The second-order valence-corrected chi connectivity index (χ2v) is 2.95. The van der Waals surface area contributed by atoms with Gasteiger partial charge >= 0.3 is 5.97 Å².